The Morgan fingerprint density at radius 3 is 1.44 bits per heavy atom. The van der Waals surface area contributed by atoms with E-state index in [0.29, 0.717) is 11.5 Å². The number of H-pyrrole nitrogens is 2. The van der Waals surface area contributed by atoms with Crippen LogP contribution in [-0.4, -0.2) is 88.0 Å². The Kier molecular flexibility index (Phi) is 7.68. The van der Waals surface area contributed by atoms with Crippen LogP contribution in [0.1, 0.15) is 103 Å². The minimum absolute atomic E-state index is 0.0153. The van der Waals surface area contributed by atoms with Crippen LogP contribution >= 0.6 is 0 Å². The number of nitrogens with zero attached hydrogens (tertiary/aromatic N) is 8. The third-order valence-corrected chi connectivity index (χ3v) is 17.1. The van der Waals surface area contributed by atoms with E-state index in [1.165, 1.54) is 0 Å². The van der Waals surface area contributed by atoms with Crippen LogP contribution in [0.25, 0.3) is 33.6 Å². The molecule has 4 aliphatic rings. The second kappa shape index (κ2) is 11.8. The number of aromatic amines is 2. The molecular formula is C36H46N10O4S2. The largest absolute Gasteiger partial charge is 0.345 e. The van der Waals surface area contributed by atoms with E-state index in [9.17, 15) is 16.8 Å². The van der Waals surface area contributed by atoms with E-state index in [4.69, 9.17) is 0 Å². The van der Waals surface area contributed by atoms with Gasteiger partial charge in [-0.15, -0.1) is 20.4 Å². The van der Waals surface area contributed by atoms with Gasteiger partial charge in [0.2, 0.25) is 0 Å². The second-order valence-electron chi connectivity index (χ2n) is 17.2. The lowest BCUT2D eigenvalue weighted by Crippen LogP contribution is -2.19. The summed E-state index contributed by atoms with van der Waals surface area (Å²) < 4.78 is 54.0. The number of nitrogens with one attached hydrogen (secondary N) is 2. The molecule has 4 aliphatic carbocycles. The van der Waals surface area contributed by atoms with Gasteiger partial charge in [0.05, 0.1) is 45.4 Å². The Bertz CT molecular complexity index is 2360. The van der Waals surface area contributed by atoms with Gasteiger partial charge in [-0.1, -0.05) is 27.7 Å². The standard InChI is InChI=1S/2C18H23N5O2S/c2*1-18(2)8-11(10-26(24,25)12-3-4-12)7-13(18)17-22-21-15-9-20-16-14(23(15)17)5-6-19-16/h2*5-6,9,11-13,19H,3-4,7-8,10H2,1-2H3/t2*11-,13+/m10/s1. The molecular weight excluding hydrogens is 701 g/mol. The van der Waals surface area contributed by atoms with Crippen LogP contribution in [0.4, 0.5) is 0 Å². The van der Waals surface area contributed by atoms with Crippen molar-refractivity contribution in [2.75, 3.05) is 11.5 Å². The first-order chi connectivity index (χ1) is 24.7. The van der Waals surface area contributed by atoms with Crippen molar-refractivity contribution < 1.29 is 16.8 Å². The molecule has 16 heteroatoms. The topological polar surface area (TPSA) is 186 Å². The van der Waals surface area contributed by atoms with Crippen LogP contribution in [0.3, 0.4) is 0 Å². The first-order valence-corrected chi connectivity index (χ1v) is 21.9. The second-order valence-corrected chi connectivity index (χ2v) is 21.8. The molecule has 6 aromatic rings. The zero-order chi connectivity index (χ0) is 36.2. The summed E-state index contributed by atoms with van der Waals surface area (Å²) in [5.41, 5.74) is 4.98. The van der Waals surface area contributed by atoms with Gasteiger partial charge in [0.15, 0.2) is 42.3 Å². The van der Waals surface area contributed by atoms with Gasteiger partial charge in [0, 0.05) is 24.2 Å². The normalized spacial score (nSPS) is 26.1. The van der Waals surface area contributed by atoms with Gasteiger partial charge in [-0.2, -0.15) is 0 Å². The summed E-state index contributed by atoms with van der Waals surface area (Å²) in [6, 6.07) is 3.97. The van der Waals surface area contributed by atoms with E-state index in [2.05, 4.69) is 76.8 Å². The van der Waals surface area contributed by atoms with Gasteiger partial charge in [0.25, 0.3) is 0 Å². The third kappa shape index (κ3) is 5.89. The fraction of sp³-hybridized carbons (Fsp3) is 0.611. The average molecular weight is 747 g/mol. The molecule has 4 saturated carbocycles. The predicted octanol–water partition coefficient (Wildman–Crippen LogP) is 5.41. The Balaban J connectivity index is 0.000000138. The first kappa shape index (κ1) is 33.9. The maximum absolute atomic E-state index is 12.5. The smallest absolute Gasteiger partial charge is 0.179 e. The zero-order valence-electron chi connectivity index (χ0n) is 30.0. The molecule has 276 valence electrons. The highest BCUT2D eigenvalue weighted by molar-refractivity contribution is 7.92. The number of rotatable bonds is 8. The highest BCUT2D eigenvalue weighted by Crippen LogP contribution is 2.53. The van der Waals surface area contributed by atoms with Crippen LogP contribution in [0, 0.1) is 22.7 Å². The minimum Gasteiger partial charge on any atom is -0.345 e. The highest BCUT2D eigenvalue weighted by atomic mass is 32.2. The molecule has 6 heterocycles. The molecule has 0 spiro atoms. The van der Waals surface area contributed by atoms with Gasteiger partial charge in [-0.25, -0.2) is 26.8 Å². The summed E-state index contributed by atoms with van der Waals surface area (Å²) in [4.78, 5) is 15.0. The number of aromatic nitrogens is 10. The van der Waals surface area contributed by atoms with Crippen LogP contribution in [0.5, 0.6) is 0 Å². The van der Waals surface area contributed by atoms with Crippen molar-refractivity contribution in [2.45, 2.75) is 101 Å². The van der Waals surface area contributed by atoms with Crippen LogP contribution < -0.4 is 0 Å². The maximum atomic E-state index is 12.5. The van der Waals surface area contributed by atoms with E-state index in [1.54, 1.807) is 12.4 Å². The first-order valence-electron chi connectivity index (χ1n) is 18.5. The average Bonchev–Trinajstić information content (AvgIpc) is 3.80. The summed E-state index contributed by atoms with van der Waals surface area (Å²) in [6.07, 6.45) is 14.0. The summed E-state index contributed by atoms with van der Waals surface area (Å²) in [5, 5.41) is 17.5. The highest BCUT2D eigenvalue weighted by Gasteiger charge is 2.48. The van der Waals surface area contributed by atoms with Crippen molar-refractivity contribution in [1.29, 1.82) is 0 Å². The molecule has 6 aromatic heterocycles. The van der Waals surface area contributed by atoms with Gasteiger partial charge >= 0.3 is 0 Å². The Morgan fingerprint density at radius 2 is 1.06 bits per heavy atom. The van der Waals surface area contributed by atoms with E-state index in [1.807, 2.05) is 24.5 Å². The summed E-state index contributed by atoms with van der Waals surface area (Å²) in [6.45, 7) is 8.88. The van der Waals surface area contributed by atoms with Crippen LogP contribution in [0.15, 0.2) is 36.9 Å². The number of hydrogen-bond acceptors (Lipinski definition) is 10. The van der Waals surface area contributed by atoms with Crippen LogP contribution in [0.2, 0.25) is 0 Å². The van der Waals surface area contributed by atoms with Crippen molar-refractivity contribution >= 4 is 53.3 Å². The molecule has 0 unspecified atom stereocenters. The number of sulfone groups is 2. The maximum Gasteiger partial charge on any atom is 0.179 e. The van der Waals surface area contributed by atoms with Crippen LogP contribution in [-0.2, 0) is 19.7 Å². The zero-order valence-corrected chi connectivity index (χ0v) is 31.7. The molecule has 0 amide bonds. The lowest BCUT2D eigenvalue weighted by atomic mass is 9.81. The molecule has 0 aromatic carbocycles. The van der Waals surface area contributed by atoms with Crippen molar-refractivity contribution in [2.24, 2.45) is 22.7 Å². The van der Waals surface area contributed by atoms with Crippen molar-refractivity contribution in [3.05, 3.63) is 48.6 Å². The van der Waals surface area contributed by atoms with Crippen molar-refractivity contribution in [3.63, 3.8) is 0 Å². The van der Waals surface area contributed by atoms with Crippen molar-refractivity contribution in [3.8, 4) is 0 Å². The van der Waals surface area contributed by atoms with Gasteiger partial charge in [0.1, 0.15) is 11.6 Å². The fourth-order valence-corrected chi connectivity index (χ4v) is 13.5. The molecule has 14 nitrogen and oxygen atoms in total. The van der Waals surface area contributed by atoms with E-state index < -0.39 is 19.7 Å². The summed E-state index contributed by atoms with van der Waals surface area (Å²) in [5.74, 6) is 3.21. The fourth-order valence-electron chi connectivity index (χ4n) is 9.44. The number of hydrogen-bond donors (Lipinski definition) is 2. The molecule has 2 N–H and O–H groups in total. The lowest BCUT2D eigenvalue weighted by molar-refractivity contribution is 0.315. The Labute approximate surface area is 302 Å². The number of fused-ring (bicyclic) bond motifs is 6. The quantitative estimate of drug-likeness (QED) is 0.204. The lowest BCUT2D eigenvalue weighted by Gasteiger charge is -2.25. The predicted molar refractivity (Wildman–Crippen MR) is 197 cm³/mol. The molecule has 0 saturated heterocycles. The molecule has 4 atom stereocenters. The molecule has 0 radical (unpaired) electrons. The SMILES string of the molecule is CC1(C)C[C@@H](CS(=O)(=O)C2CC2)C[C@@H]1c1nnc2cnc3[nH]ccc3n12.CC1(C)C[C@H](CS(=O)(=O)C2CC2)C[C@H]1c1nnc2cnc3[nH]ccc3n12. The molecule has 0 bridgehead atoms. The molecule has 4 fully saturated rings. The Morgan fingerprint density at radius 1 is 0.654 bits per heavy atom. The molecule has 52 heavy (non-hydrogen) atoms. The van der Waals surface area contributed by atoms with Crippen molar-refractivity contribution in [1.82, 2.24) is 49.1 Å². The third-order valence-electron chi connectivity index (χ3n) is 12.2. The molecule has 0 aliphatic heterocycles. The Hall–Kier alpha value is -3.92. The minimum atomic E-state index is -2.94. The van der Waals surface area contributed by atoms with E-state index in [-0.39, 0.29) is 45.0 Å². The van der Waals surface area contributed by atoms with E-state index in [0.717, 1.165) is 96.6 Å². The van der Waals surface area contributed by atoms with Gasteiger partial charge in [-0.3, -0.25) is 8.80 Å². The molecule has 10 rings (SSSR count). The van der Waals surface area contributed by atoms with E-state index >= 15 is 0 Å². The summed E-state index contributed by atoms with van der Waals surface area (Å²) in [7, 11) is -5.88. The summed E-state index contributed by atoms with van der Waals surface area (Å²) >= 11 is 0. The monoisotopic (exact) mass is 746 g/mol. The van der Waals surface area contributed by atoms with Gasteiger partial charge < -0.3 is 9.97 Å². The van der Waals surface area contributed by atoms with Gasteiger partial charge in [-0.05, 0) is 86.2 Å².